The van der Waals surface area contributed by atoms with Crippen LogP contribution < -0.4 is 10.5 Å². The number of nitrogens with zero attached hydrogens (tertiary/aromatic N) is 2. The molecule has 0 bridgehead atoms. The minimum atomic E-state index is 0.529. The van der Waals surface area contributed by atoms with E-state index in [1.807, 2.05) is 25.1 Å². The number of rotatable bonds is 4. The van der Waals surface area contributed by atoms with Crippen LogP contribution in [-0.2, 0) is 6.42 Å². The van der Waals surface area contributed by atoms with Crippen molar-refractivity contribution in [2.45, 2.75) is 26.7 Å². The van der Waals surface area contributed by atoms with E-state index >= 15 is 0 Å². The zero-order valence-electron chi connectivity index (χ0n) is 11.9. The molecule has 0 saturated heterocycles. The fourth-order valence-electron chi connectivity index (χ4n) is 2.02. The molecule has 2 rings (SSSR count). The Morgan fingerprint density at radius 1 is 1.30 bits per heavy atom. The van der Waals surface area contributed by atoms with E-state index in [9.17, 15) is 0 Å². The lowest BCUT2D eigenvalue weighted by Crippen LogP contribution is -2.05. The zero-order chi connectivity index (χ0) is 14.7. The molecule has 0 fully saturated rings. The van der Waals surface area contributed by atoms with Crippen molar-refractivity contribution in [2.24, 2.45) is 0 Å². The Morgan fingerprint density at radius 2 is 2.05 bits per heavy atom. The standard InChI is InChI=1S/C15H18IN3O/c1-4-5-11-13(16)14(17)19-15(18-11)10-7-6-9(2)8-12(10)20-3/h6-8H,4-5H2,1-3H3,(H2,17,18,19). The highest BCUT2D eigenvalue weighted by Crippen LogP contribution is 2.30. The van der Waals surface area contributed by atoms with E-state index in [4.69, 9.17) is 10.5 Å². The topological polar surface area (TPSA) is 61.0 Å². The average molecular weight is 383 g/mol. The van der Waals surface area contributed by atoms with E-state index < -0.39 is 0 Å². The van der Waals surface area contributed by atoms with Crippen molar-refractivity contribution in [2.75, 3.05) is 12.8 Å². The molecule has 4 nitrogen and oxygen atoms in total. The van der Waals surface area contributed by atoms with Crippen molar-refractivity contribution in [1.82, 2.24) is 9.97 Å². The summed E-state index contributed by atoms with van der Waals surface area (Å²) >= 11 is 2.21. The number of anilines is 1. The average Bonchev–Trinajstić information content (AvgIpc) is 2.43. The molecule has 106 valence electrons. The normalized spacial score (nSPS) is 10.6. The monoisotopic (exact) mass is 383 g/mol. The molecule has 0 aliphatic carbocycles. The Morgan fingerprint density at radius 3 is 2.70 bits per heavy atom. The Hall–Kier alpha value is -1.37. The van der Waals surface area contributed by atoms with Crippen LogP contribution in [0.1, 0.15) is 24.6 Å². The van der Waals surface area contributed by atoms with E-state index in [0.29, 0.717) is 11.6 Å². The minimum absolute atomic E-state index is 0.529. The van der Waals surface area contributed by atoms with Gasteiger partial charge in [-0.05, 0) is 53.6 Å². The zero-order valence-corrected chi connectivity index (χ0v) is 14.1. The quantitative estimate of drug-likeness (QED) is 0.820. The van der Waals surface area contributed by atoms with E-state index in [-0.39, 0.29) is 0 Å². The molecule has 2 aromatic rings. The smallest absolute Gasteiger partial charge is 0.165 e. The van der Waals surface area contributed by atoms with Crippen LogP contribution in [0.3, 0.4) is 0 Å². The third-order valence-electron chi connectivity index (χ3n) is 3.03. The van der Waals surface area contributed by atoms with Gasteiger partial charge in [-0.1, -0.05) is 19.4 Å². The molecule has 5 heteroatoms. The number of hydrogen-bond donors (Lipinski definition) is 1. The first-order chi connectivity index (χ1) is 9.56. The van der Waals surface area contributed by atoms with Gasteiger partial charge in [-0.2, -0.15) is 0 Å². The van der Waals surface area contributed by atoms with Gasteiger partial charge in [-0.25, -0.2) is 9.97 Å². The van der Waals surface area contributed by atoms with Crippen molar-refractivity contribution in [3.8, 4) is 17.1 Å². The molecule has 2 N–H and O–H groups in total. The number of hydrogen-bond acceptors (Lipinski definition) is 4. The number of halogens is 1. The molecule has 1 heterocycles. The Labute approximate surface area is 132 Å². The fourth-order valence-corrected chi connectivity index (χ4v) is 2.53. The summed E-state index contributed by atoms with van der Waals surface area (Å²) in [6.45, 7) is 4.15. The summed E-state index contributed by atoms with van der Waals surface area (Å²) in [6, 6.07) is 5.98. The number of ether oxygens (including phenoxy) is 1. The molecular weight excluding hydrogens is 365 g/mol. The largest absolute Gasteiger partial charge is 0.496 e. The van der Waals surface area contributed by atoms with Gasteiger partial charge in [0.2, 0.25) is 0 Å². The van der Waals surface area contributed by atoms with Gasteiger partial charge in [-0.15, -0.1) is 0 Å². The van der Waals surface area contributed by atoms with Crippen molar-refractivity contribution in [1.29, 1.82) is 0 Å². The minimum Gasteiger partial charge on any atom is -0.496 e. The number of methoxy groups -OCH3 is 1. The number of nitrogen functional groups attached to an aromatic ring is 1. The number of aryl methyl sites for hydroxylation is 2. The number of nitrogens with two attached hydrogens (primary N) is 1. The molecule has 0 aliphatic rings. The summed E-state index contributed by atoms with van der Waals surface area (Å²) < 4.78 is 6.37. The SMILES string of the molecule is CCCc1nc(-c2ccc(C)cc2OC)nc(N)c1I. The van der Waals surface area contributed by atoms with Crippen LogP contribution in [0.2, 0.25) is 0 Å². The second kappa shape index (κ2) is 6.39. The van der Waals surface area contributed by atoms with Gasteiger partial charge in [-0.3, -0.25) is 0 Å². The van der Waals surface area contributed by atoms with Crippen LogP contribution in [0.4, 0.5) is 5.82 Å². The van der Waals surface area contributed by atoms with Crippen LogP contribution in [0, 0.1) is 10.5 Å². The van der Waals surface area contributed by atoms with E-state index in [2.05, 4.69) is 39.5 Å². The van der Waals surface area contributed by atoms with Crippen molar-refractivity contribution in [3.05, 3.63) is 33.0 Å². The third-order valence-corrected chi connectivity index (χ3v) is 4.21. The molecule has 20 heavy (non-hydrogen) atoms. The first kappa shape index (κ1) is 15.0. The predicted molar refractivity (Wildman–Crippen MR) is 89.9 cm³/mol. The maximum Gasteiger partial charge on any atom is 0.165 e. The second-order valence-electron chi connectivity index (χ2n) is 4.65. The van der Waals surface area contributed by atoms with Gasteiger partial charge in [0.25, 0.3) is 0 Å². The maximum absolute atomic E-state index is 6.01. The van der Waals surface area contributed by atoms with Crippen molar-refractivity contribution < 1.29 is 4.74 Å². The highest BCUT2D eigenvalue weighted by molar-refractivity contribution is 14.1. The van der Waals surface area contributed by atoms with Gasteiger partial charge in [0.1, 0.15) is 11.6 Å². The van der Waals surface area contributed by atoms with Gasteiger partial charge >= 0.3 is 0 Å². The molecule has 0 radical (unpaired) electrons. The maximum atomic E-state index is 6.01. The Kier molecular flexibility index (Phi) is 4.80. The summed E-state index contributed by atoms with van der Waals surface area (Å²) in [5, 5.41) is 0. The van der Waals surface area contributed by atoms with Crippen LogP contribution in [0.25, 0.3) is 11.4 Å². The molecule has 0 amide bonds. The van der Waals surface area contributed by atoms with Crippen LogP contribution in [0.5, 0.6) is 5.75 Å². The summed E-state index contributed by atoms with van der Waals surface area (Å²) in [5.74, 6) is 1.93. The lowest BCUT2D eigenvalue weighted by atomic mass is 10.1. The molecule has 0 unspecified atom stereocenters. The van der Waals surface area contributed by atoms with E-state index in [0.717, 1.165) is 39.0 Å². The molecule has 0 aliphatic heterocycles. The number of aromatic nitrogens is 2. The molecule has 1 aromatic carbocycles. The summed E-state index contributed by atoms with van der Waals surface area (Å²) in [4.78, 5) is 9.06. The Balaban J connectivity index is 2.58. The predicted octanol–water partition coefficient (Wildman–Crippen LogP) is 3.60. The summed E-state index contributed by atoms with van der Waals surface area (Å²) in [5.41, 5.74) is 9.02. The highest BCUT2D eigenvalue weighted by atomic mass is 127. The van der Waals surface area contributed by atoms with Crippen LogP contribution >= 0.6 is 22.6 Å². The molecular formula is C15H18IN3O. The lowest BCUT2D eigenvalue weighted by Gasteiger charge is -2.11. The molecule has 1 aromatic heterocycles. The van der Waals surface area contributed by atoms with Crippen molar-refractivity contribution >= 4 is 28.4 Å². The van der Waals surface area contributed by atoms with Crippen LogP contribution in [0.15, 0.2) is 18.2 Å². The summed E-state index contributed by atoms with van der Waals surface area (Å²) in [7, 11) is 1.65. The molecule has 0 atom stereocenters. The molecule has 0 spiro atoms. The fraction of sp³-hybridized carbons (Fsp3) is 0.333. The first-order valence-corrected chi connectivity index (χ1v) is 7.61. The molecule has 0 saturated carbocycles. The van der Waals surface area contributed by atoms with Gasteiger partial charge in [0, 0.05) is 0 Å². The number of benzene rings is 1. The van der Waals surface area contributed by atoms with E-state index in [1.54, 1.807) is 7.11 Å². The van der Waals surface area contributed by atoms with Gasteiger partial charge in [0.05, 0.1) is 21.9 Å². The van der Waals surface area contributed by atoms with Gasteiger partial charge < -0.3 is 10.5 Å². The lowest BCUT2D eigenvalue weighted by molar-refractivity contribution is 0.416. The van der Waals surface area contributed by atoms with Crippen molar-refractivity contribution in [3.63, 3.8) is 0 Å². The van der Waals surface area contributed by atoms with E-state index in [1.165, 1.54) is 0 Å². The first-order valence-electron chi connectivity index (χ1n) is 6.53. The third kappa shape index (κ3) is 3.03. The second-order valence-corrected chi connectivity index (χ2v) is 5.73. The van der Waals surface area contributed by atoms with Gasteiger partial charge in [0.15, 0.2) is 5.82 Å². The summed E-state index contributed by atoms with van der Waals surface area (Å²) in [6.07, 6.45) is 1.92. The Bertz CT molecular complexity index is 629. The highest BCUT2D eigenvalue weighted by Gasteiger charge is 2.14. The van der Waals surface area contributed by atoms with Crippen LogP contribution in [-0.4, -0.2) is 17.1 Å².